The molecule has 5 aromatic rings. The molecule has 7 rings (SSSR count). The minimum atomic E-state index is -1.22. The third kappa shape index (κ3) is 6.89. The van der Waals surface area contributed by atoms with Crippen molar-refractivity contribution in [3.8, 4) is 11.4 Å². The van der Waals surface area contributed by atoms with Gasteiger partial charge in [-0.2, -0.15) is 5.10 Å². The van der Waals surface area contributed by atoms with Gasteiger partial charge < -0.3 is 28.6 Å². The lowest BCUT2D eigenvalue weighted by atomic mass is 10.1. The Morgan fingerprint density at radius 2 is 1.66 bits per heavy atom. The van der Waals surface area contributed by atoms with Crippen molar-refractivity contribution in [3.05, 3.63) is 119 Å². The molecule has 2 aromatic heterocycles. The number of benzene rings is 3. The van der Waals surface area contributed by atoms with Crippen LogP contribution in [-0.2, 0) is 26.6 Å². The average molecular weight is 702 g/mol. The summed E-state index contributed by atoms with van der Waals surface area (Å²) in [6, 6.07) is 19.4. The SMILES string of the molecule is CC(=O)C(C)n1ncn(-c2ccc(N3CCN(c4ccc(OCC5COC(Cn6ccnc6)(c6ccc(F)cc6Cl)O5)cc4)CC3)cc2)c1=O. The smallest absolute Gasteiger partial charge is 0.351 e. The molecule has 0 bridgehead atoms. The van der Waals surface area contributed by atoms with Gasteiger partial charge in [-0.3, -0.25) is 4.79 Å². The van der Waals surface area contributed by atoms with Crippen LogP contribution in [0.3, 0.4) is 0 Å². The molecule has 14 heteroatoms. The van der Waals surface area contributed by atoms with Gasteiger partial charge in [0.1, 0.15) is 36.6 Å². The number of nitrogens with zero attached hydrogens (tertiary/aromatic N) is 7. The summed E-state index contributed by atoms with van der Waals surface area (Å²) < 4.78 is 37.1. The van der Waals surface area contributed by atoms with E-state index in [0.29, 0.717) is 23.5 Å². The molecule has 2 aliphatic heterocycles. The van der Waals surface area contributed by atoms with E-state index in [1.807, 2.05) is 41.0 Å². The fraction of sp³-hybridized carbons (Fsp3) is 0.333. The summed E-state index contributed by atoms with van der Waals surface area (Å²) in [6.45, 7) is 7.30. The molecule has 0 saturated carbocycles. The molecule has 2 fully saturated rings. The van der Waals surface area contributed by atoms with Crippen molar-refractivity contribution in [3.63, 3.8) is 0 Å². The maximum absolute atomic E-state index is 13.8. The lowest BCUT2D eigenvalue weighted by Crippen LogP contribution is -2.46. The first kappa shape index (κ1) is 33.5. The van der Waals surface area contributed by atoms with Gasteiger partial charge in [-0.05, 0) is 80.6 Å². The molecule has 12 nitrogen and oxygen atoms in total. The molecule has 2 saturated heterocycles. The van der Waals surface area contributed by atoms with Crippen LogP contribution in [0.1, 0.15) is 25.5 Å². The molecular formula is C36H37ClFN7O5. The number of rotatable bonds is 11. The number of aromatic nitrogens is 5. The second kappa shape index (κ2) is 14.1. The Morgan fingerprint density at radius 3 is 2.28 bits per heavy atom. The van der Waals surface area contributed by atoms with E-state index >= 15 is 0 Å². The lowest BCUT2D eigenvalue weighted by molar-refractivity contribution is -0.189. The summed E-state index contributed by atoms with van der Waals surface area (Å²) in [5, 5.41) is 4.35. The first-order chi connectivity index (χ1) is 24.2. The number of anilines is 2. The van der Waals surface area contributed by atoms with Crippen LogP contribution in [0.5, 0.6) is 5.75 Å². The van der Waals surface area contributed by atoms with E-state index in [4.69, 9.17) is 25.8 Å². The molecule has 2 aliphatic rings. The third-order valence-electron chi connectivity index (χ3n) is 9.21. The fourth-order valence-electron chi connectivity index (χ4n) is 6.30. The minimum absolute atomic E-state index is 0.123. The zero-order chi connectivity index (χ0) is 34.8. The topological polar surface area (TPSA) is 109 Å². The molecule has 4 heterocycles. The number of hydrogen-bond donors (Lipinski definition) is 0. The molecule has 3 unspecified atom stereocenters. The normalized spacial score (nSPS) is 19.9. The Bertz CT molecular complexity index is 1990. The second-order valence-electron chi connectivity index (χ2n) is 12.5. The molecule has 260 valence electrons. The van der Waals surface area contributed by atoms with E-state index in [1.165, 1.54) is 34.6 Å². The number of Topliss-reactive ketones (excluding diaryl/α,β-unsaturated/α-hetero) is 1. The van der Waals surface area contributed by atoms with E-state index in [9.17, 15) is 14.0 Å². The van der Waals surface area contributed by atoms with Crippen LogP contribution >= 0.6 is 11.6 Å². The lowest BCUT2D eigenvalue weighted by Gasteiger charge is -2.37. The third-order valence-corrected chi connectivity index (χ3v) is 9.52. The van der Waals surface area contributed by atoms with Gasteiger partial charge in [0.15, 0.2) is 5.78 Å². The molecule has 0 amide bonds. The zero-order valence-corrected chi connectivity index (χ0v) is 28.4. The number of imidazole rings is 1. The summed E-state index contributed by atoms with van der Waals surface area (Å²) in [6.07, 6.45) is 6.20. The van der Waals surface area contributed by atoms with Crippen molar-refractivity contribution >= 4 is 28.8 Å². The van der Waals surface area contributed by atoms with Gasteiger partial charge in [0.25, 0.3) is 0 Å². The van der Waals surface area contributed by atoms with Gasteiger partial charge in [0.05, 0.1) is 30.2 Å². The monoisotopic (exact) mass is 701 g/mol. The number of ether oxygens (including phenoxy) is 3. The van der Waals surface area contributed by atoms with Crippen molar-refractivity contribution < 1.29 is 23.4 Å². The fourth-order valence-corrected chi connectivity index (χ4v) is 6.61. The average Bonchev–Trinajstić information content (AvgIpc) is 3.88. The van der Waals surface area contributed by atoms with Crippen molar-refractivity contribution in [2.24, 2.45) is 0 Å². The summed E-state index contributed by atoms with van der Waals surface area (Å²) >= 11 is 6.44. The van der Waals surface area contributed by atoms with Crippen molar-refractivity contribution in [2.45, 2.75) is 38.3 Å². The van der Waals surface area contributed by atoms with Gasteiger partial charge in [-0.1, -0.05) is 11.6 Å². The maximum atomic E-state index is 13.8. The Kier molecular flexibility index (Phi) is 9.45. The van der Waals surface area contributed by atoms with E-state index in [1.54, 1.807) is 31.7 Å². The largest absolute Gasteiger partial charge is 0.491 e. The van der Waals surface area contributed by atoms with Gasteiger partial charge >= 0.3 is 5.69 Å². The van der Waals surface area contributed by atoms with Gasteiger partial charge in [-0.15, -0.1) is 0 Å². The Hall–Kier alpha value is -4.98. The van der Waals surface area contributed by atoms with Crippen LogP contribution in [0, 0.1) is 5.82 Å². The highest BCUT2D eigenvalue weighted by Gasteiger charge is 2.45. The quantitative estimate of drug-likeness (QED) is 0.191. The van der Waals surface area contributed by atoms with E-state index in [0.717, 1.165) is 37.6 Å². The zero-order valence-electron chi connectivity index (χ0n) is 27.7. The first-order valence-corrected chi connectivity index (χ1v) is 16.8. The molecule has 0 aliphatic carbocycles. The highest BCUT2D eigenvalue weighted by molar-refractivity contribution is 6.31. The minimum Gasteiger partial charge on any atom is -0.491 e. The Morgan fingerprint density at radius 1 is 1.00 bits per heavy atom. The predicted molar refractivity (Wildman–Crippen MR) is 186 cm³/mol. The Labute approximate surface area is 293 Å². The van der Waals surface area contributed by atoms with Crippen LogP contribution in [0.4, 0.5) is 15.8 Å². The first-order valence-electron chi connectivity index (χ1n) is 16.4. The molecule has 0 spiro atoms. The highest BCUT2D eigenvalue weighted by atomic mass is 35.5. The Balaban J connectivity index is 0.925. The maximum Gasteiger partial charge on any atom is 0.351 e. The predicted octanol–water partition coefficient (Wildman–Crippen LogP) is 4.85. The standard InChI is InChI=1S/C36H37ClFN7O5/c1-25(26(2)46)45-35(47)44(24-40-45)30-6-4-28(5-7-30)42-15-17-43(18-16-42)29-8-10-31(11-9-29)48-20-32-21-49-36(50-32,22-41-14-13-39-23-41)33-12-3-27(38)19-34(33)37/h3-14,19,23-25,32H,15-18,20-22H2,1-2H3. The number of piperazine rings is 1. The van der Waals surface area contributed by atoms with Crippen molar-refractivity contribution in [1.29, 1.82) is 0 Å². The molecule has 50 heavy (non-hydrogen) atoms. The highest BCUT2D eigenvalue weighted by Crippen LogP contribution is 2.40. The van der Waals surface area contributed by atoms with Gasteiger partial charge in [0.2, 0.25) is 5.79 Å². The molecule has 0 N–H and O–H groups in total. The number of halogens is 2. The number of hydrogen-bond acceptors (Lipinski definition) is 9. The van der Waals surface area contributed by atoms with Crippen LogP contribution < -0.4 is 20.2 Å². The van der Waals surface area contributed by atoms with Crippen LogP contribution in [0.2, 0.25) is 5.02 Å². The number of carbonyl (C=O) groups is 1. The summed E-state index contributed by atoms with van der Waals surface area (Å²) in [4.78, 5) is 33.3. The van der Waals surface area contributed by atoms with Crippen LogP contribution in [0.25, 0.3) is 5.69 Å². The van der Waals surface area contributed by atoms with Crippen molar-refractivity contribution in [1.82, 2.24) is 23.9 Å². The van der Waals surface area contributed by atoms with Crippen LogP contribution in [-0.4, -0.2) is 75.2 Å². The molecular weight excluding hydrogens is 665 g/mol. The molecule has 0 radical (unpaired) electrons. The molecule has 3 atom stereocenters. The van der Waals surface area contributed by atoms with Crippen LogP contribution in [0.15, 0.2) is 96.6 Å². The summed E-state index contributed by atoms with van der Waals surface area (Å²) in [5.74, 6) is -1.06. The number of ketones is 1. The summed E-state index contributed by atoms with van der Waals surface area (Å²) in [5.41, 5.74) is 3.07. The van der Waals surface area contributed by atoms with Gasteiger partial charge in [0, 0.05) is 55.5 Å². The van der Waals surface area contributed by atoms with E-state index in [2.05, 4.69) is 32.0 Å². The summed E-state index contributed by atoms with van der Waals surface area (Å²) in [7, 11) is 0. The number of carbonyl (C=O) groups excluding carboxylic acids is 1. The van der Waals surface area contributed by atoms with Gasteiger partial charge in [-0.25, -0.2) is 23.4 Å². The molecule has 3 aromatic carbocycles. The second-order valence-corrected chi connectivity index (χ2v) is 12.9. The van der Waals surface area contributed by atoms with E-state index < -0.39 is 17.6 Å². The van der Waals surface area contributed by atoms with Crippen molar-refractivity contribution in [2.75, 3.05) is 49.2 Å². The van der Waals surface area contributed by atoms with E-state index in [-0.39, 0.29) is 35.8 Å².